The summed E-state index contributed by atoms with van der Waals surface area (Å²) in [6.07, 6.45) is 0.526. The van der Waals surface area contributed by atoms with Gasteiger partial charge in [-0.25, -0.2) is 8.42 Å². The van der Waals surface area contributed by atoms with Gasteiger partial charge in [0.15, 0.2) is 9.84 Å². The van der Waals surface area contributed by atoms with Gasteiger partial charge in [-0.15, -0.1) is 0 Å². The predicted molar refractivity (Wildman–Crippen MR) is 73.9 cm³/mol. The summed E-state index contributed by atoms with van der Waals surface area (Å²) in [5.41, 5.74) is 0.787. The maximum Gasteiger partial charge on any atom is 0.150 e. The molecule has 106 valence electrons. The van der Waals surface area contributed by atoms with E-state index in [1.165, 1.54) is 0 Å². The second-order valence-electron chi connectivity index (χ2n) is 5.03. The number of aliphatic hydroxyl groups excluding tert-OH is 1. The monoisotopic (exact) mass is 284 g/mol. The lowest BCUT2D eigenvalue weighted by Gasteiger charge is -2.15. The highest BCUT2D eigenvalue weighted by atomic mass is 32.2. The zero-order chi connectivity index (χ0) is 13.9. The van der Waals surface area contributed by atoms with E-state index in [0.29, 0.717) is 19.4 Å². The molecule has 1 aromatic carbocycles. The quantitative estimate of drug-likeness (QED) is 0.897. The summed E-state index contributed by atoms with van der Waals surface area (Å²) < 4.78 is 28.2. The lowest BCUT2D eigenvalue weighted by Crippen LogP contribution is -2.09. The van der Waals surface area contributed by atoms with Gasteiger partial charge in [0, 0.05) is 0 Å². The van der Waals surface area contributed by atoms with E-state index in [1.54, 1.807) is 0 Å². The summed E-state index contributed by atoms with van der Waals surface area (Å²) in [5.74, 6) is 1.26. The number of sulfone groups is 1. The van der Waals surface area contributed by atoms with E-state index in [9.17, 15) is 13.5 Å². The summed E-state index contributed by atoms with van der Waals surface area (Å²) in [4.78, 5) is 0. The number of hydrogen-bond acceptors (Lipinski definition) is 4. The maximum absolute atomic E-state index is 11.4. The van der Waals surface area contributed by atoms with Crippen LogP contribution in [0, 0.1) is 5.92 Å². The standard InChI is InChI=1S/C14H20O4S/c1-2-18-13-5-3-4-12(9-13)14(15)8-11-6-7-19(16,17)10-11/h3-5,9,11,14-15H,2,6-8,10H2,1H3. The molecule has 0 aromatic heterocycles. The average molecular weight is 284 g/mol. The second-order valence-corrected chi connectivity index (χ2v) is 7.25. The second kappa shape index (κ2) is 5.92. The van der Waals surface area contributed by atoms with Crippen LogP contribution in [0.2, 0.25) is 0 Å². The van der Waals surface area contributed by atoms with Gasteiger partial charge >= 0.3 is 0 Å². The van der Waals surface area contributed by atoms with Crippen LogP contribution >= 0.6 is 0 Å². The lowest BCUT2D eigenvalue weighted by molar-refractivity contribution is 0.148. The van der Waals surface area contributed by atoms with Crippen molar-refractivity contribution in [2.24, 2.45) is 5.92 Å². The third-order valence-electron chi connectivity index (χ3n) is 3.44. The summed E-state index contributed by atoms with van der Waals surface area (Å²) in [6, 6.07) is 7.35. The molecule has 19 heavy (non-hydrogen) atoms. The lowest BCUT2D eigenvalue weighted by atomic mass is 9.96. The van der Waals surface area contributed by atoms with Gasteiger partial charge in [-0.05, 0) is 43.4 Å². The molecule has 1 aliphatic rings. The molecule has 2 atom stereocenters. The number of benzene rings is 1. The Kier molecular flexibility index (Phi) is 4.47. The van der Waals surface area contributed by atoms with Crippen LogP contribution in [0.15, 0.2) is 24.3 Å². The summed E-state index contributed by atoms with van der Waals surface area (Å²) in [7, 11) is -2.88. The minimum atomic E-state index is -2.88. The van der Waals surface area contributed by atoms with Crippen molar-refractivity contribution in [3.8, 4) is 5.75 Å². The van der Waals surface area contributed by atoms with Crippen molar-refractivity contribution in [1.29, 1.82) is 0 Å². The number of ether oxygens (including phenoxy) is 1. The molecule has 1 N–H and O–H groups in total. The minimum absolute atomic E-state index is 0.0655. The van der Waals surface area contributed by atoms with Crippen LogP contribution < -0.4 is 4.74 Å². The van der Waals surface area contributed by atoms with Crippen molar-refractivity contribution in [1.82, 2.24) is 0 Å². The Morgan fingerprint density at radius 1 is 1.47 bits per heavy atom. The fraction of sp³-hybridized carbons (Fsp3) is 0.571. The molecule has 2 rings (SSSR count). The SMILES string of the molecule is CCOc1cccc(C(O)CC2CCS(=O)(=O)C2)c1. The molecular weight excluding hydrogens is 264 g/mol. The number of rotatable bonds is 5. The van der Waals surface area contributed by atoms with Gasteiger partial charge in [-0.2, -0.15) is 0 Å². The van der Waals surface area contributed by atoms with Gasteiger partial charge in [-0.3, -0.25) is 0 Å². The highest BCUT2D eigenvalue weighted by molar-refractivity contribution is 7.91. The van der Waals surface area contributed by atoms with Crippen molar-refractivity contribution >= 4 is 9.84 Å². The van der Waals surface area contributed by atoms with E-state index in [4.69, 9.17) is 4.74 Å². The van der Waals surface area contributed by atoms with Crippen molar-refractivity contribution in [3.05, 3.63) is 29.8 Å². The Balaban J connectivity index is 2.00. The van der Waals surface area contributed by atoms with Crippen LogP contribution in [0.1, 0.15) is 31.4 Å². The van der Waals surface area contributed by atoms with E-state index in [0.717, 1.165) is 11.3 Å². The Hall–Kier alpha value is -1.07. The largest absolute Gasteiger partial charge is 0.494 e. The van der Waals surface area contributed by atoms with E-state index in [2.05, 4.69) is 0 Å². The van der Waals surface area contributed by atoms with Crippen LogP contribution in [-0.2, 0) is 9.84 Å². The first-order valence-electron chi connectivity index (χ1n) is 6.61. The molecule has 0 radical (unpaired) electrons. The molecular formula is C14H20O4S. The van der Waals surface area contributed by atoms with Gasteiger partial charge in [0.1, 0.15) is 5.75 Å². The summed E-state index contributed by atoms with van der Waals surface area (Å²) in [5, 5.41) is 10.2. The molecule has 4 nitrogen and oxygen atoms in total. The fourth-order valence-corrected chi connectivity index (χ4v) is 4.37. The molecule has 0 aliphatic carbocycles. The first kappa shape index (κ1) is 14.3. The molecule has 1 heterocycles. The van der Waals surface area contributed by atoms with Crippen LogP contribution in [-0.4, -0.2) is 31.6 Å². The molecule has 0 bridgehead atoms. The van der Waals surface area contributed by atoms with Crippen LogP contribution in [0.4, 0.5) is 0 Å². The fourth-order valence-electron chi connectivity index (χ4n) is 2.49. The Morgan fingerprint density at radius 3 is 2.89 bits per heavy atom. The minimum Gasteiger partial charge on any atom is -0.494 e. The summed E-state index contributed by atoms with van der Waals surface area (Å²) >= 11 is 0. The predicted octanol–water partition coefficient (Wildman–Crippen LogP) is 1.94. The van der Waals surface area contributed by atoms with Crippen LogP contribution in [0.3, 0.4) is 0 Å². The molecule has 1 aliphatic heterocycles. The molecule has 0 amide bonds. The normalized spacial score (nSPS) is 23.2. The first-order valence-corrected chi connectivity index (χ1v) is 8.43. The molecule has 1 fully saturated rings. The third kappa shape index (κ3) is 3.94. The highest BCUT2D eigenvalue weighted by Crippen LogP contribution is 2.30. The van der Waals surface area contributed by atoms with E-state index in [1.807, 2.05) is 31.2 Å². The van der Waals surface area contributed by atoms with Gasteiger partial charge in [0.2, 0.25) is 0 Å². The van der Waals surface area contributed by atoms with E-state index < -0.39 is 15.9 Å². The molecule has 5 heteroatoms. The van der Waals surface area contributed by atoms with Crippen molar-refractivity contribution in [2.75, 3.05) is 18.1 Å². The van der Waals surface area contributed by atoms with Gasteiger partial charge in [-0.1, -0.05) is 12.1 Å². The molecule has 0 spiro atoms. The Bertz CT molecular complexity index is 524. The van der Waals surface area contributed by atoms with E-state index in [-0.39, 0.29) is 17.4 Å². The average Bonchev–Trinajstić information content (AvgIpc) is 2.69. The molecule has 1 saturated heterocycles. The van der Waals surface area contributed by atoms with Gasteiger partial charge < -0.3 is 9.84 Å². The Labute approximate surface area is 114 Å². The molecule has 0 saturated carbocycles. The third-order valence-corrected chi connectivity index (χ3v) is 5.27. The molecule has 2 unspecified atom stereocenters. The van der Waals surface area contributed by atoms with Crippen molar-refractivity contribution in [2.45, 2.75) is 25.9 Å². The van der Waals surface area contributed by atoms with Gasteiger partial charge in [0.05, 0.1) is 24.2 Å². The first-order chi connectivity index (χ1) is 9.00. The zero-order valence-electron chi connectivity index (χ0n) is 11.1. The van der Waals surface area contributed by atoms with E-state index >= 15 is 0 Å². The highest BCUT2D eigenvalue weighted by Gasteiger charge is 2.29. The number of hydrogen-bond donors (Lipinski definition) is 1. The Morgan fingerprint density at radius 2 is 2.26 bits per heavy atom. The van der Waals surface area contributed by atoms with Crippen molar-refractivity contribution in [3.63, 3.8) is 0 Å². The van der Waals surface area contributed by atoms with Crippen LogP contribution in [0.5, 0.6) is 5.75 Å². The smallest absolute Gasteiger partial charge is 0.150 e. The van der Waals surface area contributed by atoms with Crippen molar-refractivity contribution < 1.29 is 18.3 Å². The number of aliphatic hydroxyl groups is 1. The summed E-state index contributed by atoms with van der Waals surface area (Å²) in [6.45, 7) is 2.49. The maximum atomic E-state index is 11.4. The zero-order valence-corrected chi connectivity index (χ0v) is 11.9. The molecule has 1 aromatic rings. The topological polar surface area (TPSA) is 63.6 Å². The van der Waals surface area contributed by atoms with Gasteiger partial charge in [0.25, 0.3) is 0 Å². The van der Waals surface area contributed by atoms with Crippen LogP contribution in [0.25, 0.3) is 0 Å².